The van der Waals surface area contributed by atoms with Crippen molar-refractivity contribution in [1.29, 1.82) is 0 Å². The Balaban J connectivity index is 0.000000212. The largest absolute Gasteiger partial charge is 0.497 e. The van der Waals surface area contributed by atoms with Crippen molar-refractivity contribution in [2.45, 2.75) is 34.6 Å². The number of carbonyl (C=O) groups is 3. The number of carbonyl (C=O) groups excluding carboxylic acids is 3. The van der Waals surface area contributed by atoms with E-state index in [1.807, 2.05) is 73.7 Å². The number of methoxy groups -OCH3 is 4. The summed E-state index contributed by atoms with van der Waals surface area (Å²) in [6.07, 6.45) is 0. The molecule has 0 heterocycles. The Morgan fingerprint density at radius 2 is 0.789 bits per heavy atom. The van der Waals surface area contributed by atoms with E-state index in [2.05, 4.69) is 41.4 Å². The molecule has 0 aliphatic rings. The Morgan fingerprint density at radius 1 is 0.421 bits per heavy atom. The molecule has 6 aromatic carbocycles. The third-order valence-electron chi connectivity index (χ3n) is 8.40. The molecule has 6 rings (SSSR count). The third-order valence-corrected chi connectivity index (χ3v) is 8.40. The molecule has 0 aromatic heterocycles. The molecule has 6 aromatic rings. The van der Waals surface area contributed by atoms with Gasteiger partial charge in [0.1, 0.15) is 11.5 Å². The van der Waals surface area contributed by atoms with Gasteiger partial charge in [0.15, 0.2) is 28.8 Å². The lowest BCUT2D eigenvalue weighted by atomic mass is 10.0. The monoisotopic (exact) mass is 766 g/mol. The molecule has 0 amide bonds. The van der Waals surface area contributed by atoms with E-state index in [-0.39, 0.29) is 17.3 Å². The number of nitrogens with zero attached hydrogens (tertiary/aromatic N) is 2. The fourth-order valence-electron chi connectivity index (χ4n) is 5.05. The number of aryl methyl sites for hydroxylation is 2. The summed E-state index contributed by atoms with van der Waals surface area (Å²) in [6, 6.07) is 43.2. The van der Waals surface area contributed by atoms with Gasteiger partial charge in [-0.3, -0.25) is 14.4 Å². The van der Waals surface area contributed by atoms with E-state index < -0.39 is 0 Å². The van der Waals surface area contributed by atoms with Crippen molar-refractivity contribution >= 4 is 28.7 Å². The van der Waals surface area contributed by atoms with Crippen LogP contribution in [0.2, 0.25) is 0 Å². The minimum absolute atomic E-state index is 0.0216. The second-order valence-corrected chi connectivity index (χ2v) is 12.6. The van der Waals surface area contributed by atoms with E-state index in [1.165, 1.54) is 25.0 Å². The van der Waals surface area contributed by atoms with Gasteiger partial charge in [0.2, 0.25) is 0 Å². The number of azo groups is 1. The van der Waals surface area contributed by atoms with Crippen molar-refractivity contribution in [1.82, 2.24) is 0 Å². The van der Waals surface area contributed by atoms with Crippen molar-refractivity contribution in [3.05, 3.63) is 167 Å². The van der Waals surface area contributed by atoms with Crippen LogP contribution < -0.4 is 18.9 Å². The number of rotatable bonds is 10. The standard InChI is InChI=1S/C16H14N2O2.C15H14O.C9H12O2.C8H10O2/c1-11(19)13-3-7-15(8-4-13)17-18-16-9-5-14(6-10-16)12(2)20;1-11-3-5-14(6-4-11)15-9-7-13(8-10-15)12(2)16;1-7-6-8(10-2)4-5-9(7)11-3;1-9-7-5-3-4-6-8(7)10-2/h3-10H,1-2H3;3-10H,1-2H3;4-6H,1-3H3;3-6H,1-2H3. The molecule has 0 aliphatic carbocycles. The molecule has 57 heavy (non-hydrogen) atoms. The first kappa shape index (κ1) is 44.5. The van der Waals surface area contributed by atoms with Crippen LogP contribution in [0.1, 0.15) is 63.0 Å². The number of benzene rings is 6. The average molecular weight is 767 g/mol. The van der Waals surface area contributed by atoms with E-state index in [0.717, 1.165) is 39.7 Å². The van der Waals surface area contributed by atoms with E-state index in [9.17, 15) is 14.4 Å². The zero-order valence-corrected chi connectivity index (χ0v) is 34.0. The molecule has 0 N–H and O–H groups in total. The molecular weight excluding hydrogens is 717 g/mol. The lowest BCUT2D eigenvalue weighted by Gasteiger charge is -2.05. The molecule has 0 aliphatic heterocycles. The number of hydrogen-bond acceptors (Lipinski definition) is 9. The number of ketones is 3. The predicted molar refractivity (Wildman–Crippen MR) is 228 cm³/mol. The van der Waals surface area contributed by atoms with Gasteiger partial charge in [-0.1, -0.05) is 66.2 Å². The summed E-state index contributed by atoms with van der Waals surface area (Å²) in [6.45, 7) is 8.69. The maximum atomic E-state index is 11.1. The first-order chi connectivity index (χ1) is 27.4. The van der Waals surface area contributed by atoms with Gasteiger partial charge in [0.25, 0.3) is 0 Å². The fraction of sp³-hybridized carbons (Fsp3) is 0.188. The van der Waals surface area contributed by atoms with Gasteiger partial charge in [-0.2, -0.15) is 10.2 Å². The smallest absolute Gasteiger partial charge is 0.160 e. The molecule has 9 nitrogen and oxygen atoms in total. The fourth-order valence-corrected chi connectivity index (χ4v) is 5.05. The highest BCUT2D eigenvalue weighted by Crippen LogP contribution is 2.25. The molecule has 0 radical (unpaired) electrons. The normalized spacial score (nSPS) is 9.98. The van der Waals surface area contributed by atoms with Crippen LogP contribution in [0.25, 0.3) is 11.1 Å². The quantitative estimate of drug-likeness (QED) is 0.101. The third kappa shape index (κ3) is 14.7. The topological polar surface area (TPSA) is 113 Å². The van der Waals surface area contributed by atoms with Crippen molar-refractivity contribution in [3.63, 3.8) is 0 Å². The maximum Gasteiger partial charge on any atom is 0.160 e. The Morgan fingerprint density at radius 3 is 1.12 bits per heavy atom. The molecule has 0 saturated carbocycles. The van der Waals surface area contributed by atoms with Crippen molar-refractivity contribution < 1.29 is 33.3 Å². The lowest BCUT2D eigenvalue weighted by Crippen LogP contribution is -1.90. The Kier molecular flexibility index (Phi) is 18.1. The highest BCUT2D eigenvalue weighted by atomic mass is 16.5. The van der Waals surface area contributed by atoms with E-state index in [0.29, 0.717) is 22.5 Å². The second kappa shape index (κ2) is 23.1. The van der Waals surface area contributed by atoms with Crippen LogP contribution >= 0.6 is 0 Å². The number of ether oxygens (including phenoxy) is 4. The minimum atomic E-state index is 0.0216. The molecule has 9 heteroatoms. The Bertz CT molecular complexity index is 2130. The summed E-state index contributed by atoms with van der Waals surface area (Å²) in [7, 11) is 6.56. The van der Waals surface area contributed by atoms with Crippen molar-refractivity contribution in [3.8, 4) is 34.1 Å². The van der Waals surface area contributed by atoms with E-state index >= 15 is 0 Å². The zero-order valence-electron chi connectivity index (χ0n) is 34.0. The molecular formula is C48H50N2O7. The molecule has 0 fully saturated rings. The van der Waals surface area contributed by atoms with Crippen LogP contribution in [0, 0.1) is 13.8 Å². The van der Waals surface area contributed by atoms with Gasteiger partial charge in [0, 0.05) is 16.7 Å². The van der Waals surface area contributed by atoms with Crippen molar-refractivity contribution in [2.75, 3.05) is 28.4 Å². The Hall–Kier alpha value is -6.87. The highest BCUT2D eigenvalue weighted by molar-refractivity contribution is 5.95. The van der Waals surface area contributed by atoms with Crippen LogP contribution in [0.4, 0.5) is 11.4 Å². The zero-order chi connectivity index (χ0) is 41.7. The highest BCUT2D eigenvalue weighted by Gasteiger charge is 2.02. The van der Waals surface area contributed by atoms with Crippen LogP contribution in [0.3, 0.4) is 0 Å². The molecule has 0 unspecified atom stereocenters. The van der Waals surface area contributed by atoms with Crippen molar-refractivity contribution in [2.24, 2.45) is 10.2 Å². The molecule has 0 spiro atoms. The summed E-state index contributed by atoms with van der Waals surface area (Å²) < 4.78 is 20.2. The maximum absolute atomic E-state index is 11.1. The summed E-state index contributed by atoms with van der Waals surface area (Å²) in [5.41, 5.74) is 8.07. The van der Waals surface area contributed by atoms with E-state index in [4.69, 9.17) is 18.9 Å². The second-order valence-electron chi connectivity index (χ2n) is 12.6. The van der Waals surface area contributed by atoms with Crippen LogP contribution in [0.5, 0.6) is 23.0 Å². The van der Waals surface area contributed by atoms with Crippen LogP contribution in [-0.4, -0.2) is 45.8 Å². The lowest BCUT2D eigenvalue weighted by molar-refractivity contribution is 0.100. The summed E-state index contributed by atoms with van der Waals surface area (Å²) >= 11 is 0. The Labute approximate surface area is 335 Å². The van der Waals surface area contributed by atoms with E-state index in [1.54, 1.807) is 83.9 Å². The first-order valence-corrected chi connectivity index (χ1v) is 18.1. The van der Waals surface area contributed by atoms with Crippen LogP contribution in [-0.2, 0) is 0 Å². The molecule has 0 atom stereocenters. The van der Waals surface area contributed by atoms with Gasteiger partial charge in [-0.05, 0) is 130 Å². The number of para-hydroxylation sites is 2. The predicted octanol–water partition coefficient (Wildman–Crippen LogP) is 12.1. The first-order valence-electron chi connectivity index (χ1n) is 18.1. The summed E-state index contributed by atoms with van der Waals surface area (Å²) in [5, 5.41) is 8.16. The summed E-state index contributed by atoms with van der Waals surface area (Å²) in [4.78, 5) is 33.4. The SMILES string of the molecule is CC(=O)c1ccc(-c2ccc(C)cc2)cc1.CC(=O)c1ccc(N=Nc2ccc(C(C)=O)cc2)cc1.COc1ccc(OC)c(C)c1.COc1ccccc1OC. The van der Waals surface area contributed by atoms with Gasteiger partial charge in [-0.25, -0.2) is 0 Å². The average Bonchev–Trinajstić information content (AvgIpc) is 3.24. The molecule has 0 bridgehead atoms. The molecule has 0 saturated heterocycles. The number of Topliss-reactive ketones (excluding diaryl/α,β-unsaturated/α-hetero) is 3. The summed E-state index contributed by atoms with van der Waals surface area (Å²) in [5.74, 6) is 3.45. The van der Waals surface area contributed by atoms with Gasteiger partial charge in [-0.15, -0.1) is 0 Å². The minimum Gasteiger partial charge on any atom is -0.497 e. The van der Waals surface area contributed by atoms with Crippen LogP contribution in [0.15, 0.2) is 150 Å². The number of hydrogen-bond donors (Lipinski definition) is 0. The van der Waals surface area contributed by atoms with Gasteiger partial charge < -0.3 is 18.9 Å². The van der Waals surface area contributed by atoms with Gasteiger partial charge >= 0.3 is 0 Å². The van der Waals surface area contributed by atoms with Gasteiger partial charge in [0.05, 0.1) is 39.8 Å². The molecule has 294 valence electrons.